The molecule has 8 heteroatoms. The highest BCUT2D eigenvalue weighted by molar-refractivity contribution is 9.11. The number of rotatable bonds is 3. The minimum absolute atomic E-state index is 0.0804. The number of aromatic nitrogens is 4. The van der Waals surface area contributed by atoms with Gasteiger partial charge < -0.3 is 4.90 Å². The standard InChI is InChI=1S/C8H8BrN5OS/c1-14(3-5-2-6(9)16-4-5)8(15)7-10-12-13-11-7/h2,4H,3H2,1H3,(H,10,11,12,13). The van der Waals surface area contributed by atoms with Gasteiger partial charge in [-0.3, -0.25) is 4.79 Å². The third-order valence-corrected chi connectivity index (χ3v) is 3.48. The number of nitrogens with zero attached hydrogens (tertiary/aromatic N) is 4. The van der Waals surface area contributed by atoms with Gasteiger partial charge in [0.2, 0.25) is 0 Å². The number of H-pyrrole nitrogens is 1. The largest absolute Gasteiger partial charge is 0.335 e. The quantitative estimate of drug-likeness (QED) is 0.927. The molecule has 2 aromatic heterocycles. The fourth-order valence-electron chi connectivity index (χ4n) is 1.20. The van der Waals surface area contributed by atoms with Crippen LogP contribution in [0.5, 0.6) is 0 Å². The predicted molar refractivity (Wildman–Crippen MR) is 62.0 cm³/mol. The minimum atomic E-state index is -0.254. The molecule has 0 saturated heterocycles. The number of halogens is 1. The van der Waals surface area contributed by atoms with Crippen LogP contribution in [0.1, 0.15) is 16.2 Å². The van der Waals surface area contributed by atoms with Crippen LogP contribution in [0.3, 0.4) is 0 Å². The van der Waals surface area contributed by atoms with Crippen molar-refractivity contribution in [2.24, 2.45) is 0 Å². The van der Waals surface area contributed by atoms with Crippen molar-refractivity contribution in [3.05, 3.63) is 26.6 Å². The molecule has 0 bridgehead atoms. The molecule has 0 spiro atoms. The molecular formula is C8H8BrN5OS. The number of nitrogens with one attached hydrogen (secondary N) is 1. The van der Waals surface area contributed by atoms with Crippen molar-refractivity contribution in [1.82, 2.24) is 25.5 Å². The summed E-state index contributed by atoms with van der Waals surface area (Å²) in [6.07, 6.45) is 0. The molecule has 0 aliphatic heterocycles. The van der Waals surface area contributed by atoms with Crippen molar-refractivity contribution in [3.63, 3.8) is 0 Å². The molecule has 0 aliphatic rings. The van der Waals surface area contributed by atoms with Crippen molar-refractivity contribution in [3.8, 4) is 0 Å². The van der Waals surface area contributed by atoms with Gasteiger partial charge in [0.25, 0.3) is 11.7 Å². The number of hydrogen-bond donors (Lipinski definition) is 1. The molecule has 6 nitrogen and oxygen atoms in total. The molecule has 1 amide bonds. The van der Waals surface area contributed by atoms with Gasteiger partial charge in [-0.05, 0) is 38.2 Å². The zero-order valence-electron chi connectivity index (χ0n) is 8.35. The third-order valence-electron chi connectivity index (χ3n) is 1.92. The van der Waals surface area contributed by atoms with Gasteiger partial charge in [0.15, 0.2) is 0 Å². The maximum absolute atomic E-state index is 11.7. The lowest BCUT2D eigenvalue weighted by Crippen LogP contribution is -2.27. The lowest BCUT2D eigenvalue weighted by Gasteiger charge is -2.13. The molecule has 1 N–H and O–H groups in total. The lowest BCUT2D eigenvalue weighted by molar-refractivity contribution is 0.0773. The zero-order chi connectivity index (χ0) is 11.5. The first-order chi connectivity index (χ1) is 7.66. The van der Waals surface area contributed by atoms with Crippen molar-refractivity contribution >= 4 is 33.2 Å². The summed E-state index contributed by atoms with van der Waals surface area (Å²) >= 11 is 4.96. The first kappa shape index (κ1) is 11.2. The monoisotopic (exact) mass is 301 g/mol. The van der Waals surface area contributed by atoms with Crippen molar-refractivity contribution in [2.45, 2.75) is 6.54 Å². The normalized spacial score (nSPS) is 10.4. The molecule has 0 unspecified atom stereocenters. The van der Waals surface area contributed by atoms with Crippen molar-refractivity contribution < 1.29 is 4.79 Å². The number of tetrazole rings is 1. The van der Waals surface area contributed by atoms with Crippen molar-refractivity contribution in [2.75, 3.05) is 7.05 Å². The van der Waals surface area contributed by atoms with Gasteiger partial charge in [-0.25, -0.2) is 0 Å². The van der Waals surface area contributed by atoms with E-state index in [9.17, 15) is 4.79 Å². The van der Waals surface area contributed by atoms with Gasteiger partial charge in [0, 0.05) is 13.6 Å². The van der Waals surface area contributed by atoms with Crippen LogP contribution in [0.25, 0.3) is 0 Å². The van der Waals surface area contributed by atoms with Crippen LogP contribution in [0.15, 0.2) is 15.2 Å². The predicted octanol–water partition coefficient (Wildman–Crippen LogP) is 1.30. The summed E-state index contributed by atoms with van der Waals surface area (Å²) < 4.78 is 1.04. The highest BCUT2D eigenvalue weighted by Gasteiger charge is 2.16. The summed E-state index contributed by atoms with van der Waals surface area (Å²) in [6.45, 7) is 0.523. The summed E-state index contributed by atoms with van der Waals surface area (Å²) in [6, 6.07) is 1.98. The van der Waals surface area contributed by atoms with Gasteiger partial charge in [0.05, 0.1) is 3.79 Å². The molecule has 0 fully saturated rings. The zero-order valence-corrected chi connectivity index (χ0v) is 10.7. The molecule has 2 rings (SSSR count). The second-order valence-electron chi connectivity index (χ2n) is 3.16. The maximum atomic E-state index is 11.7. The molecule has 2 aromatic rings. The maximum Gasteiger partial charge on any atom is 0.295 e. The van der Waals surface area contributed by atoms with E-state index in [4.69, 9.17) is 0 Å². The topological polar surface area (TPSA) is 74.8 Å². The van der Waals surface area contributed by atoms with Crippen LogP contribution in [-0.4, -0.2) is 38.5 Å². The lowest BCUT2D eigenvalue weighted by atomic mass is 10.3. The van der Waals surface area contributed by atoms with E-state index in [2.05, 4.69) is 36.6 Å². The Morgan fingerprint density at radius 1 is 1.69 bits per heavy atom. The minimum Gasteiger partial charge on any atom is -0.335 e. The molecule has 0 saturated carbocycles. The summed E-state index contributed by atoms with van der Waals surface area (Å²) in [5.74, 6) is -0.173. The van der Waals surface area contributed by atoms with Crippen molar-refractivity contribution in [1.29, 1.82) is 0 Å². The Bertz CT molecular complexity index is 482. The number of amides is 1. The average Bonchev–Trinajstić information content (AvgIpc) is 2.88. The Hall–Kier alpha value is -1.28. The third kappa shape index (κ3) is 2.45. The van der Waals surface area contributed by atoms with Gasteiger partial charge in [-0.1, -0.05) is 0 Å². The van der Waals surface area contributed by atoms with Crippen LogP contribution in [0.2, 0.25) is 0 Å². The van der Waals surface area contributed by atoms with Crippen LogP contribution < -0.4 is 0 Å². The van der Waals surface area contributed by atoms with Gasteiger partial charge in [0.1, 0.15) is 0 Å². The number of thiophene rings is 1. The Balaban J connectivity index is 2.03. The fourth-order valence-corrected chi connectivity index (χ4v) is 2.40. The fraction of sp³-hybridized carbons (Fsp3) is 0.250. The highest BCUT2D eigenvalue weighted by Crippen LogP contribution is 2.21. The Kier molecular flexibility index (Phi) is 3.30. The number of carbonyl (C=O) groups is 1. The van der Waals surface area contributed by atoms with Crippen LogP contribution in [0, 0.1) is 0 Å². The van der Waals surface area contributed by atoms with Crippen LogP contribution in [0.4, 0.5) is 0 Å². The van der Waals surface area contributed by atoms with Gasteiger partial charge >= 0.3 is 0 Å². The smallest absolute Gasteiger partial charge is 0.295 e. The van der Waals surface area contributed by atoms with E-state index in [1.54, 1.807) is 23.3 Å². The molecule has 0 aromatic carbocycles. The van der Waals surface area contributed by atoms with E-state index < -0.39 is 0 Å². The average molecular weight is 302 g/mol. The van der Waals surface area contributed by atoms with E-state index in [0.717, 1.165) is 9.35 Å². The number of carbonyl (C=O) groups excluding carboxylic acids is 1. The molecule has 0 atom stereocenters. The highest BCUT2D eigenvalue weighted by atomic mass is 79.9. The second-order valence-corrected chi connectivity index (χ2v) is 5.45. The second kappa shape index (κ2) is 4.71. The molecule has 84 valence electrons. The molecule has 0 radical (unpaired) electrons. The molecule has 0 aliphatic carbocycles. The molecule has 2 heterocycles. The molecular weight excluding hydrogens is 294 g/mol. The van der Waals surface area contributed by atoms with E-state index in [1.807, 2.05) is 11.4 Å². The Morgan fingerprint density at radius 2 is 2.50 bits per heavy atom. The van der Waals surface area contributed by atoms with Gasteiger partial charge in [-0.15, -0.1) is 21.5 Å². The summed E-state index contributed by atoms with van der Waals surface area (Å²) in [4.78, 5) is 13.3. The Labute approximate surface area is 104 Å². The van der Waals surface area contributed by atoms with E-state index in [0.29, 0.717) is 6.54 Å². The Morgan fingerprint density at radius 3 is 3.06 bits per heavy atom. The summed E-state index contributed by atoms with van der Waals surface area (Å²) in [7, 11) is 1.70. The number of aromatic amines is 1. The van der Waals surface area contributed by atoms with Crippen LogP contribution in [-0.2, 0) is 6.54 Å². The first-order valence-corrected chi connectivity index (χ1v) is 6.06. The summed E-state index contributed by atoms with van der Waals surface area (Å²) in [5.41, 5.74) is 1.07. The van der Waals surface area contributed by atoms with E-state index in [1.165, 1.54) is 0 Å². The number of hydrogen-bond acceptors (Lipinski definition) is 5. The van der Waals surface area contributed by atoms with E-state index in [-0.39, 0.29) is 11.7 Å². The van der Waals surface area contributed by atoms with E-state index >= 15 is 0 Å². The van der Waals surface area contributed by atoms with Crippen LogP contribution >= 0.6 is 27.3 Å². The molecule has 16 heavy (non-hydrogen) atoms. The SMILES string of the molecule is CN(Cc1csc(Br)c1)C(=O)c1nn[nH]n1. The summed E-state index contributed by atoms with van der Waals surface area (Å²) in [5, 5.41) is 14.9. The van der Waals surface area contributed by atoms with Gasteiger partial charge in [-0.2, -0.15) is 5.21 Å². The first-order valence-electron chi connectivity index (χ1n) is 4.38.